The Balaban J connectivity index is 1.57. The molecule has 1 aliphatic heterocycles. The molecule has 0 aromatic carbocycles. The van der Waals surface area contributed by atoms with Gasteiger partial charge in [-0.15, -0.1) is 0 Å². The molecule has 2 nitrogen and oxygen atoms in total. The Bertz CT molecular complexity index is 268. The fraction of sp³-hybridized carbons (Fsp3) is 1.00. The molecule has 1 N–H and O–H groups in total. The van der Waals surface area contributed by atoms with Crippen LogP contribution in [0.5, 0.6) is 0 Å². The fourth-order valence-corrected chi connectivity index (χ4v) is 4.43. The summed E-state index contributed by atoms with van der Waals surface area (Å²) in [5.74, 6) is 1.03. The minimum Gasteiger partial charge on any atom is -0.312 e. The second-order valence-corrected chi connectivity index (χ2v) is 7.12. The first kappa shape index (κ1) is 13.9. The van der Waals surface area contributed by atoms with Gasteiger partial charge in [-0.1, -0.05) is 26.2 Å². The molecule has 2 atom stereocenters. The minimum atomic E-state index is 0.818. The molecule has 3 rings (SSSR count). The van der Waals surface area contributed by atoms with Crippen LogP contribution in [0.15, 0.2) is 0 Å². The standard InChI is InChI=1S/C17H32N2/c1-2-6-16(13-18-15-10-11-15)19-12-5-9-17(19)14-7-3-4-8-14/h14-18H,2-13H2,1H3. The molecule has 3 fully saturated rings. The van der Waals surface area contributed by atoms with E-state index in [0.717, 1.165) is 24.0 Å². The predicted molar refractivity (Wildman–Crippen MR) is 81.4 cm³/mol. The molecular weight excluding hydrogens is 232 g/mol. The Labute approximate surface area is 119 Å². The van der Waals surface area contributed by atoms with Crippen molar-refractivity contribution in [3.05, 3.63) is 0 Å². The van der Waals surface area contributed by atoms with Crippen molar-refractivity contribution in [3.63, 3.8) is 0 Å². The van der Waals surface area contributed by atoms with Crippen molar-refractivity contribution >= 4 is 0 Å². The van der Waals surface area contributed by atoms with E-state index in [9.17, 15) is 0 Å². The normalized spacial score (nSPS) is 31.1. The Kier molecular flexibility index (Phi) is 4.81. The smallest absolute Gasteiger partial charge is 0.0223 e. The van der Waals surface area contributed by atoms with Gasteiger partial charge in [0, 0.05) is 24.7 Å². The first-order chi connectivity index (χ1) is 9.38. The molecule has 0 bridgehead atoms. The van der Waals surface area contributed by atoms with E-state index in [-0.39, 0.29) is 0 Å². The van der Waals surface area contributed by atoms with E-state index in [1.807, 2.05) is 0 Å². The first-order valence-corrected chi connectivity index (χ1v) is 8.87. The molecule has 1 heterocycles. The van der Waals surface area contributed by atoms with Gasteiger partial charge in [0.25, 0.3) is 0 Å². The summed E-state index contributed by atoms with van der Waals surface area (Å²) < 4.78 is 0. The second kappa shape index (κ2) is 6.58. The van der Waals surface area contributed by atoms with Crippen LogP contribution in [0.3, 0.4) is 0 Å². The van der Waals surface area contributed by atoms with Gasteiger partial charge in [-0.2, -0.15) is 0 Å². The van der Waals surface area contributed by atoms with Crippen LogP contribution in [0, 0.1) is 5.92 Å². The van der Waals surface area contributed by atoms with Gasteiger partial charge in [0.2, 0.25) is 0 Å². The van der Waals surface area contributed by atoms with E-state index in [2.05, 4.69) is 17.1 Å². The summed E-state index contributed by atoms with van der Waals surface area (Å²) >= 11 is 0. The highest BCUT2D eigenvalue weighted by Gasteiger charge is 2.36. The van der Waals surface area contributed by atoms with Crippen molar-refractivity contribution in [3.8, 4) is 0 Å². The van der Waals surface area contributed by atoms with Gasteiger partial charge in [-0.05, 0) is 57.4 Å². The summed E-state index contributed by atoms with van der Waals surface area (Å²) in [4.78, 5) is 2.91. The number of nitrogens with one attached hydrogen (secondary N) is 1. The number of nitrogens with zero attached hydrogens (tertiary/aromatic N) is 1. The van der Waals surface area contributed by atoms with Crippen molar-refractivity contribution in [2.24, 2.45) is 5.92 Å². The molecule has 2 aliphatic carbocycles. The molecule has 0 aromatic rings. The van der Waals surface area contributed by atoms with Gasteiger partial charge in [-0.25, -0.2) is 0 Å². The highest BCUT2D eigenvalue weighted by molar-refractivity contribution is 4.92. The van der Waals surface area contributed by atoms with E-state index < -0.39 is 0 Å². The maximum atomic E-state index is 3.79. The van der Waals surface area contributed by atoms with Crippen LogP contribution in [-0.2, 0) is 0 Å². The van der Waals surface area contributed by atoms with Gasteiger partial charge >= 0.3 is 0 Å². The van der Waals surface area contributed by atoms with Crippen LogP contribution in [-0.4, -0.2) is 36.1 Å². The third-order valence-corrected chi connectivity index (χ3v) is 5.60. The number of likely N-dealkylation sites (tertiary alicyclic amines) is 1. The van der Waals surface area contributed by atoms with Crippen molar-refractivity contribution in [2.45, 2.75) is 89.3 Å². The van der Waals surface area contributed by atoms with E-state index in [1.54, 1.807) is 0 Å². The molecule has 19 heavy (non-hydrogen) atoms. The largest absolute Gasteiger partial charge is 0.312 e. The zero-order valence-corrected chi connectivity index (χ0v) is 12.7. The van der Waals surface area contributed by atoms with E-state index in [4.69, 9.17) is 0 Å². The van der Waals surface area contributed by atoms with E-state index in [1.165, 1.54) is 77.3 Å². The molecule has 2 unspecified atom stereocenters. The monoisotopic (exact) mass is 264 g/mol. The predicted octanol–water partition coefficient (Wildman–Crippen LogP) is 3.56. The highest BCUT2D eigenvalue weighted by atomic mass is 15.2. The molecule has 1 saturated heterocycles. The van der Waals surface area contributed by atoms with Gasteiger partial charge in [0.1, 0.15) is 0 Å². The third-order valence-electron chi connectivity index (χ3n) is 5.60. The third kappa shape index (κ3) is 3.52. The highest BCUT2D eigenvalue weighted by Crippen LogP contribution is 2.36. The zero-order chi connectivity index (χ0) is 13.1. The van der Waals surface area contributed by atoms with Crippen molar-refractivity contribution < 1.29 is 0 Å². The quantitative estimate of drug-likeness (QED) is 0.756. The summed E-state index contributed by atoms with van der Waals surface area (Å²) in [6.45, 7) is 4.98. The van der Waals surface area contributed by atoms with Gasteiger partial charge in [0.05, 0.1) is 0 Å². The topological polar surface area (TPSA) is 15.3 Å². The van der Waals surface area contributed by atoms with E-state index in [0.29, 0.717) is 0 Å². The lowest BCUT2D eigenvalue weighted by Crippen LogP contribution is -2.47. The number of hydrogen-bond donors (Lipinski definition) is 1. The van der Waals surface area contributed by atoms with Crippen LogP contribution in [0.25, 0.3) is 0 Å². The summed E-state index contributed by atoms with van der Waals surface area (Å²) in [6, 6.07) is 2.62. The maximum Gasteiger partial charge on any atom is 0.0223 e. The SMILES string of the molecule is CCCC(CNC1CC1)N1CCCC1C1CCCC1. The van der Waals surface area contributed by atoms with Crippen molar-refractivity contribution in [2.75, 3.05) is 13.1 Å². The summed E-state index contributed by atoms with van der Waals surface area (Å²) in [5, 5.41) is 3.79. The van der Waals surface area contributed by atoms with Gasteiger partial charge < -0.3 is 5.32 Å². The lowest BCUT2D eigenvalue weighted by molar-refractivity contribution is 0.125. The molecule has 0 aromatic heterocycles. The molecule has 0 spiro atoms. The summed E-state index contributed by atoms with van der Waals surface area (Å²) in [7, 11) is 0. The average Bonchev–Trinajstić information content (AvgIpc) is 2.93. The molecule has 0 radical (unpaired) electrons. The van der Waals surface area contributed by atoms with Crippen LogP contribution in [0.2, 0.25) is 0 Å². The fourth-order valence-electron chi connectivity index (χ4n) is 4.43. The van der Waals surface area contributed by atoms with Crippen LogP contribution in [0.4, 0.5) is 0 Å². The molecule has 110 valence electrons. The van der Waals surface area contributed by atoms with Crippen LogP contribution >= 0.6 is 0 Å². The number of hydrogen-bond acceptors (Lipinski definition) is 2. The van der Waals surface area contributed by atoms with Crippen LogP contribution < -0.4 is 5.32 Å². The summed E-state index contributed by atoms with van der Waals surface area (Å²) in [6.07, 6.45) is 14.5. The lowest BCUT2D eigenvalue weighted by atomic mass is 9.94. The Morgan fingerprint density at radius 2 is 1.84 bits per heavy atom. The molecule has 0 amide bonds. The van der Waals surface area contributed by atoms with Crippen LogP contribution in [0.1, 0.15) is 71.1 Å². The Morgan fingerprint density at radius 1 is 1.05 bits per heavy atom. The first-order valence-electron chi connectivity index (χ1n) is 8.87. The molecule has 3 aliphatic rings. The maximum absolute atomic E-state index is 3.79. The molecule has 2 saturated carbocycles. The lowest BCUT2D eigenvalue weighted by Gasteiger charge is -2.36. The van der Waals surface area contributed by atoms with Gasteiger partial charge in [0.15, 0.2) is 0 Å². The Hall–Kier alpha value is -0.0800. The molecule has 2 heteroatoms. The zero-order valence-electron chi connectivity index (χ0n) is 12.7. The Morgan fingerprint density at radius 3 is 2.53 bits per heavy atom. The summed E-state index contributed by atoms with van der Waals surface area (Å²) in [5.41, 5.74) is 0. The van der Waals surface area contributed by atoms with E-state index >= 15 is 0 Å². The number of rotatable bonds is 7. The second-order valence-electron chi connectivity index (χ2n) is 7.12. The van der Waals surface area contributed by atoms with Crippen molar-refractivity contribution in [1.82, 2.24) is 10.2 Å². The average molecular weight is 264 g/mol. The minimum absolute atomic E-state index is 0.818. The molecular formula is C17H32N2. The van der Waals surface area contributed by atoms with Gasteiger partial charge in [-0.3, -0.25) is 4.90 Å². The van der Waals surface area contributed by atoms with Crippen molar-refractivity contribution in [1.29, 1.82) is 0 Å².